The Morgan fingerprint density at radius 3 is 1.20 bits per heavy atom. The SMILES string of the molecule is c1ccc2c(c1)ccn2CCCCCCCCCCCCn1ccc2ccccc21. The second kappa shape index (κ2) is 11.1. The average Bonchev–Trinajstić information content (AvgIpc) is 3.39. The standard InChI is InChI=1S/C28H36N2/c1(3-5-7-13-21-29-23-19-25-15-9-11-17-27(25)29)2-4-6-8-14-22-30-24-20-26-16-10-12-18-28(26)30/h9-12,15-20,23-24H,1-8,13-14,21-22H2. The number of nitrogens with zero attached hydrogens (tertiary/aromatic N) is 2. The van der Waals surface area contributed by atoms with E-state index in [0.29, 0.717) is 0 Å². The number of aryl methyl sites for hydroxylation is 2. The fourth-order valence-corrected chi connectivity index (χ4v) is 4.65. The van der Waals surface area contributed by atoms with Crippen LogP contribution in [0.25, 0.3) is 21.8 Å². The molecule has 0 unspecified atom stereocenters. The number of hydrogen-bond donors (Lipinski definition) is 0. The molecule has 0 aliphatic heterocycles. The molecule has 4 rings (SSSR count). The monoisotopic (exact) mass is 400 g/mol. The lowest BCUT2D eigenvalue weighted by Crippen LogP contribution is -1.96. The second-order valence-electron chi connectivity index (χ2n) is 8.67. The molecule has 0 aliphatic rings. The fraction of sp³-hybridized carbons (Fsp3) is 0.429. The molecule has 0 radical (unpaired) electrons. The molecule has 2 heterocycles. The number of hydrogen-bond acceptors (Lipinski definition) is 0. The minimum atomic E-state index is 1.16. The van der Waals surface area contributed by atoms with Crippen LogP contribution >= 0.6 is 0 Å². The summed E-state index contributed by atoms with van der Waals surface area (Å²) >= 11 is 0. The highest BCUT2D eigenvalue weighted by Crippen LogP contribution is 2.18. The Balaban J connectivity index is 0.990. The van der Waals surface area contributed by atoms with Crippen LogP contribution in [0.2, 0.25) is 0 Å². The van der Waals surface area contributed by atoms with Gasteiger partial charge in [-0.15, -0.1) is 0 Å². The van der Waals surface area contributed by atoms with Crippen molar-refractivity contribution in [1.82, 2.24) is 9.13 Å². The lowest BCUT2D eigenvalue weighted by Gasteiger charge is -2.06. The number of rotatable bonds is 13. The number of aromatic nitrogens is 2. The van der Waals surface area contributed by atoms with E-state index in [9.17, 15) is 0 Å². The summed E-state index contributed by atoms with van der Waals surface area (Å²) in [5, 5.41) is 2.72. The number of para-hydroxylation sites is 2. The summed E-state index contributed by atoms with van der Waals surface area (Å²) in [5.41, 5.74) is 2.75. The summed E-state index contributed by atoms with van der Waals surface area (Å²) < 4.78 is 4.82. The van der Waals surface area contributed by atoms with Crippen molar-refractivity contribution >= 4 is 21.8 Å². The van der Waals surface area contributed by atoms with Crippen molar-refractivity contribution in [3.05, 3.63) is 73.1 Å². The van der Waals surface area contributed by atoms with Crippen molar-refractivity contribution < 1.29 is 0 Å². The van der Waals surface area contributed by atoms with Gasteiger partial charge in [0.1, 0.15) is 0 Å². The van der Waals surface area contributed by atoms with Gasteiger partial charge in [0.25, 0.3) is 0 Å². The van der Waals surface area contributed by atoms with Crippen molar-refractivity contribution in [1.29, 1.82) is 0 Å². The Kier molecular flexibility index (Phi) is 7.66. The summed E-state index contributed by atoms with van der Waals surface area (Å²) in [7, 11) is 0. The van der Waals surface area contributed by atoms with Gasteiger partial charge in [-0.1, -0.05) is 87.8 Å². The molecule has 30 heavy (non-hydrogen) atoms. The van der Waals surface area contributed by atoms with Crippen LogP contribution in [-0.2, 0) is 13.1 Å². The van der Waals surface area contributed by atoms with E-state index in [4.69, 9.17) is 0 Å². The maximum Gasteiger partial charge on any atom is 0.0480 e. The molecular formula is C28H36N2. The molecule has 0 spiro atoms. The summed E-state index contributed by atoms with van der Waals surface area (Å²) in [4.78, 5) is 0. The Labute approximate surface area is 181 Å². The third kappa shape index (κ3) is 5.56. The first-order valence-corrected chi connectivity index (χ1v) is 12.0. The number of unbranched alkanes of at least 4 members (excludes halogenated alkanes) is 9. The van der Waals surface area contributed by atoms with E-state index in [2.05, 4.69) is 82.2 Å². The third-order valence-corrected chi connectivity index (χ3v) is 6.41. The predicted octanol–water partition coefficient (Wildman–Crippen LogP) is 8.20. The molecule has 0 aliphatic carbocycles. The lowest BCUT2D eigenvalue weighted by molar-refractivity contribution is 0.526. The van der Waals surface area contributed by atoms with Gasteiger partial charge in [0.05, 0.1) is 0 Å². The van der Waals surface area contributed by atoms with Crippen LogP contribution < -0.4 is 0 Å². The van der Waals surface area contributed by atoms with E-state index >= 15 is 0 Å². The molecule has 2 nitrogen and oxygen atoms in total. The molecule has 0 amide bonds. The largest absolute Gasteiger partial charge is 0.347 e. The quantitative estimate of drug-likeness (QED) is 0.200. The molecule has 0 atom stereocenters. The van der Waals surface area contributed by atoms with Crippen LogP contribution in [0.15, 0.2) is 73.1 Å². The van der Waals surface area contributed by atoms with Gasteiger partial charge in [0, 0.05) is 36.5 Å². The van der Waals surface area contributed by atoms with Gasteiger partial charge in [0.2, 0.25) is 0 Å². The first-order chi connectivity index (χ1) is 14.9. The van der Waals surface area contributed by atoms with Crippen molar-refractivity contribution in [3.8, 4) is 0 Å². The highest BCUT2D eigenvalue weighted by atomic mass is 15.0. The molecule has 2 aromatic carbocycles. The molecule has 158 valence electrons. The maximum absolute atomic E-state index is 2.41. The van der Waals surface area contributed by atoms with Gasteiger partial charge >= 0.3 is 0 Å². The maximum atomic E-state index is 2.41. The topological polar surface area (TPSA) is 9.86 Å². The molecule has 0 saturated heterocycles. The van der Waals surface area contributed by atoms with Crippen LogP contribution in [-0.4, -0.2) is 9.13 Å². The zero-order valence-corrected chi connectivity index (χ0v) is 18.3. The van der Waals surface area contributed by atoms with Gasteiger partial charge in [-0.3, -0.25) is 0 Å². The van der Waals surface area contributed by atoms with Crippen molar-refractivity contribution in [3.63, 3.8) is 0 Å². The molecule has 2 aromatic heterocycles. The number of benzene rings is 2. The second-order valence-corrected chi connectivity index (χ2v) is 8.67. The van der Waals surface area contributed by atoms with Crippen LogP contribution in [0, 0.1) is 0 Å². The van der Waals surface area contributed by atoms with E-state index in [-0.39, 0.29) is 0 Å². The minimum Gasteiger partial charge on any atom is -0.347 e. The molecule has 0 N–H and O–H groups in total. The molecule has 2 heteroatoms. The van der Waals surface area contributed by atoms with E-state index in [1.807, 2.05) is 0 Å². The van der Waals surface area contributed by atoms with Crippen molar-refractivity contribution in [2.24, 2.45) is 0 Å². The van der Waals surface area contributed by atoms with E-state index < -0.39 is 0 Å². The predicted molar refractivity (Wildman–Crippen MR) is 130 cm³/mol. The normalized spacial score (nSPS) is 11.6. The summed E-state index contributed by atoms with van der Waals surface area (Å²) in [5.74, 6) is 0. The fourth-order valence-electron chi connectivity index (χ4n) is 4.65. The van der Waals surface area contributed by atoms with Gasteiger partial charge in [-0.25, -0.2) is 0 Å². The van der Waals surface area contributed by atoms with Crippen molar-refractivity contribution in [2.75, 3.05) is 0 Å². The van der Waals surface area contributed by atoms with Crippen LogP contribution in [0.5, 0.6) is 0 Å². The van der Waals surface area contributed by atoms with Gasteiger partial charge in [-0.2, -0.15) is 0 Å². The lowest BCUT2D eigenvalue weighted by atomic mass is 10.1. The summed E-state index contributed by atoms with van der Waals surface area (Å²) in [6.45, 7) is 2.31. The van der Waals surface area contributed by atoms with Gasteiger partial charge < -0.3 is 9.13 Å². The molecule has 0 fully saturated rings. The van der Waals surface area contributed by atoms with Crippen molar-refractivity contribution in [2.45, 2.75) is 77.3 Å². The molecule has 4 aromatic rings. The Bertz CT molecular complexity index is 939. The highest BCUT2D eigenvalue weighted by molar-refractivity contribution is 5.80. The zero-order valence-electron chi connectivity index (χ0n) is 18.3. The Morgan fingerprint density at radius 1 is 0.400 bits per heavy atom. The average molecular weight is 401 g/mol. The van der Waals surface area contributed by atoms with E-state index in [1.54, 1.807) is 0 Å². The smallest absolute Gasteiger partial charge is 0.0480 e. The molecular weight excluding hydrogens is 364 g/mol. The summed E-state index contributed by atoms with van der Waals surface area (Å²) in [6.07, 6.45) is 18.2. The van der Waals surface area contributed by atoms with Gasteiger partial charge in [0.15, 0.2) is 0 Å². The van der Waals surface area contributed by atoms with Crippen LogP contribution in [0.3, 0.4) is 0 Å². The highest BCUT2D eigenvalue weighted by Gasteiger charge is 2.01. The van der Waals surface area contributed by atoms with Gasteiger partial charge in [-0.05, 0) is 47.9 Å². The molecule has 0 bridgehead atoms. The van der Waals surface area contributed by atoms with E-state index in [0.717, 1.165) is 13.1 Å². The Morgan fingerprint density at radius 2 is 0.767 bits per heavy atom. The van der Waals surface area contributed by atoms with Crippen LogP contribution in [0.4, 0.5) is 0 Å². The minimum absolute atomic E-state index is 1.16. The Hall–Kier alpha value is -2.48. The summed E-state index contributed by atoms with van der Waals surface area (Å²) in [6, 6.07) is 21.9. The zero-order chi connectivity index (χ0) is 20.4. The number of fused-ring (bicyclic) bond motifs is 2. The first-order valence-electron chi connectivity index (χ1n) is 12.0. The van der Waals surface area contributed by atoms with Crippen LogP contribution in [0.1, 0.15) is 64.2 Å². The first kappa shape index (κ1) is 20.8. The third-order valence-electron chi connectivity index (χ3n) is 6.41. The van der Waals surface area contributed by atoms with E-state index in [1.165, 1.54) is 86.0 Å². The molecule has 0 saturated carbocycles.